The maximum atomic E-state index is 2.76. The van der Waals surface area contributed by atoms with Crippen LogP contribution in [0, 0.1) is 11.8 Å². The fourth-order valence-corrected chi connectivity index (χ4v) is 3.95. The zero-order valence-corrected chi connectivity index (χ0v) is 10.1. The van der Waals surface area contributed by atoms with Crippen LogP contribution in [-0.4, -0.2) is 23.5 Å². The van der Waals surface area contributed by atoms with Crippen molar-refractivity contribution < 1.29 is 0 Å². The zero-order valence-electron chi connectivity index (χ0n) is 10.1. The smallest absolute Gasteiger partial charge is 0.0186 e. The summed E-state index contributed by atoms with van der Waals surface area (Å²) in [5, 5.41) is 0. The first kappa shape index (κ1) is 10.5. The minimum Gasteiger partial charge on any atom is -0.298 e. The molecular weight excluding hydrogens is 170 g/mol. The Morgan fingerprint density at radius 1 is 1.00 bits per heavy atom. The lowest BCUT2D eigenvalue weighted by atomic mass is 9.72. The van der Waals surface area contributed by atoms with Gasteiger partial charge in [-0.05, 0) is 64.0 Å². The third kappa shape index (κ3) is 1.98. The van der Waals surface area contributed by atoms with Gasteiger partial charge in [-0.3, -0.25) is 4.90 Å². The molecule has 1 heteroatoms. The van der Waals surface area contributed by atoms with Crippen LogP contribution in [0.4, 0.5) is 0 Å². The number of likely N-dealkylation sites (tertiary alicyclic amines) is 1. The van der Waals surface area contributed by atoms with Crippen molar-refractivity contribution in [2.24, 2.45) is 11.8 Å². The molecule has 14 heavy (non-hydrogen) atoms. The molecule has 3 atom stereocenters. The second-order valence-corrected chi connectivity index (χ2v) is 6.05. The summed E-state index contributed by atoms with van der Waals surface area (Å²) in [6, 6.07) is 0. The van der Waals surface area contributed by atoms with E-state index in [1.54, 1.807) is 0 Å². The van der Waals surface area contributed by atoms with Gasteiger partial charge in [0.2, 0.25) is 0 Å². The van der Waals surface area contributed by atoms with Gasteiger partial charge >= 0.3 is 0 Å². The third-order valence-corrected chi connectivity index (χ3v) is 4.25. The van der Waals surface area contributed by atoms with E-state index in [4.69, 9.17) is 0 Å². The maximum Gasteiger partial charge on any atom is 0.0186 e. The summed E-state index contributed by atoms with van der Waals surface area (Å²) in [6.07, 6.45) is 7.16. The van der Waals surface area contributed by atoms with Gasteiger partial charge in [0.1, 0.15) is 0 Å². The van der Waals surface area contributed by atoms with E-state index in [1.165, 1.54) is 45.2 Å². The lowest BCUT2D eigenvalue weighted by Crippen LogP contribution is -2.49. The van der Waals surface area contributed by atoms with E-state index >= 15 is 0 Å². The molecule has 1 aliphatic carbocycles. The molecule has 0 N–H and O–H groups in total. The van der Waals surface area contributed by atoms with Crippen molar-refractivity contribution in [2.75, 3.05) is 13.1 Å². The predicted molar refractivity (Wildman–Crippen MR) is 61.4 cm³/mol. The Morgan fingerprint density at radius 2 is 1.50 bits per heavy atom. The minimum atomic E-state index is 0.535. The Labute approximate surface area is 88.9 Å². The average molecular weight is 195 g/mol. The van der Waals surface area contributed by atoms with Gasteiger partial charge in [-0.2, -0.15) is 0 Å². The lowest BCUT2D eigenvalue weighted by Gasteiger charge is -2.46. The van der Waals surface area contributed by atoms with E-state index in [9.17, 15) is 0 Å². The van der Waals surface area contributed by atoms with Crippen LogP contribution < -0.4 is 0 Å². The molecular formula is C13H25N. The molecule has 0 bridgehead atoms. The summed E-state index contributed by atoms with van der Waals surface area (Å²) < 4.78 is 0. The molecule has 1 nitrogen and oxygen atoms in total. The first-order valence-corrected chi connectivity index (χ1v) is 6.35. The quantitative estimate of drug-likeness (QED) is 0.620. The molecule has 1 saturated heterocycles. The van der Waals surface area contributed by atoms with Crippen molar-refractivity contribution >= 4 is 0 Å². The normalized spacial score (nSPS) is 45.6. The van der Waals surface area contributed by atoms with Crippen molar-refractivity contribution in [2.45, 2.75) is 58.4 Å². The second-order valence-electron chi connectivity index (χ2n) is 6.05. The second kappa shape index (κ2) is 3.84. The largest absolute Gasteiger partial charge is 0.298 e. The fourth-order valence-electron chi connectivity index (χ4n) is 3.95. The molecule has 82 valence electrons. The Bertz CT molecular complexity index is 183. The molecule has 0 aromatic heterocycles. The monoisotopic (exact) mass is 195 g/mol. The van der Waals surface area contributed by atoms with Gasteiger partial charge in [0, 0.05) is 5.54 Å². The van der Waals surface area contributed by atoms with Crippen LogP contribution >= 0.6 is 0 Å². The molecule has 2 fully saturated rings. The van der Waals surface area contributed by atoms with Crippen molar-refractivity contribution in [3.8, 4) is 0 Å². The summed E-state index contributed by atoms with van der Waals surface area (Å²) in [7, 11) is 0. The summed E-state index contributed by atoms with van der Waals surface area (Å²) in [5.74, 6) is 1.87. The van der Waals surface area contributed by atoms with E-state index in [0.717, 1.165) is 11.8 Å². The molecule has 2 aliphatic rings. The number of hydrogen-bond acceptors (Lipinski definition) is 1. The zero-order chi connectivity index (χ0) is 10.2. The summed E-state index contributed by atoms with van der Waals surface area (Å²) in [4.78, 5) is 2.76. The van der Waals surface area contributed by atoms with Gasteiger partial charge < -0.3 is 0 Å². The number of rotatable bonds is 1. The topological polar surface area (TPSA) is 3.24 Å². The van der Waals surface area contributed by atoms with Gasteiger partial charge in [-0.15, -0.1) is 0 Å². The average Bonchev–Trinajstić information content (AvgIpc) is 2.52. The minimum absolute atomic E-state index is 0.535. The van der Waals surface area contributed by atoms with Crippen molar-refractivity contribution in [3.63, 3.8) is 0 Å². The molecule has 0 aromatic rings. The van der Waals surface area contributed by atoms with E-state index in [-0.39, 0.29) is 0 Å². The highest BCUT2D eigenvalue weighted by molar-refractivity contribution is 4.94. The van der Waals surface area contributed by atoms with Crippen LogP contribution in [0.5, 0.6) is 0 Å². The Hall–Kier alpha value is -0.0400. The van der Waals surface area contributed by atoms with Crippen LogP contribution in [0.1, 0.15) is 52.9 Å². The SMILES string of the molecule is C[C@@H]1C[C@H](C)C[C@@](C)(N2CCCC2)C1. The Balaban J connectivity index is 2.05. The van der Waals surface area contributed by atoms with Crippen molar-refractivity contribution in [3.05, 3.63) is 0 Å². The predicted octanol–water partition coefficient (Wildman–Crippen LogP) is 3.30. The van der Waals surface area contributed by atoms with Gasteiger partial charge in [-0.25, -0.2) is 0 Å². The molecule has 1 aliphatic heterocycles. The summed E-state index contributed by atoms with van der Waals surface area (Å²) >= 11 is 0. The van der Waals surface area contributed by atoms with Crippen LogP contribution in [0.15, 0.2) is 0 Å². The highest BCUT2D eigenvalue weighted by Gasteiger charge is 2.39. The maximum absolute atomic E-state index is 2.76. The van der Waals surface area contributed by atoms with Gasteiger partial charge in [0.05, 0.1) is 0 Å². The first-order valence-electron chi connectivity index (χ1n) is 6.35. The van der Waals surface area contributed by atoms with E-state index in [2.05, 4.69) is 25.7 Å². The lowest BCUT2D eigenvalue weighted by molar-refractivity contribution is 0.0457. The molecule has 0 aromatic carbocycles. The van der Waals surface area contributed by atoms with E-state index in [1.807, 2.05) is 0 Å². The van der Waals surface area contributed by atoms with Crippen molar-refractivity contribution in [1.82, 2.24) is 4.90 Å². The summed E-state index contributed by atoms with van der Waals surface area (Å²) in [5.41, 5.74) is 0.535. The van der Waals surface area contributed by atoms with Crippen LogP contribution in [0.2, 0.25) is 0 Å². The molecule has 0 radical (unpaired) electrons. The molecule has 0 spiro atoms. The fraction of sp³-hybridized carbons (Fsp3) is 1.00. The van der Waals surface area contributed by atoms with Crippen LogP contribution in [-0.2, 0) is 0 Å². The first-order chi connectivity index (χ1) is 6.60. The standard InChI is InChI=1S/C13H25N/c1-11-8-12(2)10-13(3,9-11)14-6-4-5-7-14/h11-12H,4-10H2,1-3H3/t11-,12+,13+. The third-order valence-electron chi connectivity index (χ3n) is 4.25. The van der Waals surface area contributed by atoms with E-state index < -0.39 is 0 Å². The molecule has 0 amide bonds. The van der Waals surface area contributed by atoms with E-state index in [0.29, 0.717) is 5.54 Å². The van der Waals surface area contributed by atoms with Gasteiger partial charge in [0.15, 0.2) is 0 Å². The Morgan fingerprint density at radius 3 is 2.00 bits per heavy atom. The van der Waals surface area contributed by atoms with Gasteiger partial charge in [0.25, 0.3) is 0 Å². The van der Waals surface area contributed by atoms with Gasteiger partial charge in [-0.1, -0.05) is 13.8 Å². The Kier molecular flexibility index (Phi) is 2.88. The van der Waals surface area contributed by atoms with Crippen molar-refractivity contribution in [1.29, 1.82) is 0 Å². The summed E-state index contributed by atoms with van der Waals surface area (Å²) in [6.45, 7) is 10.1. The molecule has 2 rings (SSSR count). The number of nitrogens with zero attached hydrogens (tertiary/aromatic N) is 1. The molecule has 1 heterocycles. The van der Waals surface area contributed by atoms with Crippen LogP contribution in [0.3, 0.4) is 0 Å². The molecule has 1 saturated carbocycles. The molecule has 0 unspecified atom stereocenters. The number of hydrogen-bond donors (Lipinski definition) is 0. The highest BCUT2D eigenvalue weighted by Crippen LogP contribution is 2.40. The highest BCUT2D eigenvalue weighted by atomic mass is 15.2. The van der Waals surface area contributed by atoms with Crippen LogP contribution in [0.25, 0.3) is 0 Å².